The van der Waals surface area contributed by atoms with Gasteiger partial charge in [0.2, 0.25) is 0 Å². The van der Waals surface area contributed by atoms with E-state index in [1.54, 1.807) is 12.1 Å². The zero-order valence-corrected chi connectivity index (χ0v) is 11.3. The minimum absolute atomic E-state index is 0.107. The first kappa shape index (κ1) is 12.6. The summed E-state index contributed by atoms with van der Waals surface area (Å²) in [6, 6.07) is 7.27. The Labute approximate surface area is 103 Å². The molecule has 0 aromatic heterocycles. The van der Waals surface area contributed by atoms with E-state index in [1.165, 1.54) is 6.26 Å². The van der Waals surface area contributed by atoms with E-state index in [0.29, 0.717) is 17.4 Å². The van der Waals surface area contributed by atoms with Crippen LogP contribution in [-0.2, 0) is 9.84 Å². The van der Waals surface area contributed by atoms with Crippen LogP contribution < -0.4 is 5.73 Å². The van der Waals surface area contributed by atoms with Crippen molar-refractivity contribution in [1.29, 1.82) is 0 Å². The highest BCUT2D eigenvalue weighted by Crippen LogP contribution is 2.64. The third kappa shape index (κ3) is 2.00. The Morgan fingerprint density at radius 3 is 2.35 bits per heavy atom. The number of benzene rings is 1. The molecule has 0 amide bonds. The summed E-state index contributed by atoms with van der Waals surface area (Å²) in [4.78, 5) is 0.453. The van der Waals surface area contributed by atoms with Crippen molar-refractivity contribution >= 4 is 9.84 Å². The molecule has 3 nitrogen and oxygen atoms in total. The van der Waals surface area contributed by atoms with Crippen molar-refractivity contribution in [2.75, 3.05) is 12.8 Å². The van der Waals surface area contributed by atoms with Crippen LogP contribution in [-0.4, -0.2) is 21.2 Å². The van der Waals surface area contributed by atoms with E-state index in [9.17, 15) is 8.42 Å². The van der Waals surface area contributed by atoms with Crippen molar-refractivity contribution in [3.8, 4) is 0 Å². The molecule has 1 aromatic rings. The van der Waals surface area contributed by atoms with E-state index in [4.69, 9.17) is 5.73 Å². The summed E-state index contributed by atoms with van der Waals surface area (Å²) in [6.45, 7) is 4.90. The molecule has 0 spiro atoms. The molecule has 17 heavy (non-hydrogen) atoms. The molecular formula is C13H19NO2S. The van der Waals surface area contributed by atoms with Crippen LogP contribution in [0.5, 0.6) is 0 Å². The molecule has 1 aromatic carbocycles. The van der Waals surface area contributed by atoms with Crippen LogP contribution in [0.2, 0.25) is 0 Å². The van der Waals surface area contributed by atoms with Gasteiger partial charge in [-0.3, -0.25) is 0 Å². The van der Waals surface area contributed by atoms with Crippen LogP contribution in [0.4, 0.5) is 0 Å². The van der Waals surface area contributed by atoms with Crippen LogP contribution in [0.1, 0.15) is 25.3 Å². The van der Waals surface area contributed by atoms with Gasteiger partial charge in [-0.05, 0) is 35.4 Å². The SMILES string of the molecule is CC1(C)C(CN)C1c1ccccc1S(C)(=O)=O. The zero-order valence-electron chi connectivity index (χ0n) is 10.5. The number of hydrogen-bond donors (Lipinski definition) is 1. The Morgan fingerprint density at radius 2 is 1.88 bits per heavy atom. The lowest BCUT2D eigenvalue weighted by atomic mass is 10.0. The number of hydrogen-bond acceptors (Lipinski definition) is 3. The summed E-state index contributed by atoms with van der Waals surface area (Å²) < 4.78 is 23.5. The molecule has 2 atom stereocenters. The van der Waals surface area contributed by atoms with Crippen molar-refractivity contribution in [2.45, 2.75) is 24.7 Å². The first-order valence-electron chi connectivity index (χ1n) is 5.79. The summed E-state index contributed by atoms with van der Waals surface area (Å²) in [6.07, 6.45) is 1.26. The second-order valence-electron chi connectivity index (χ2n) is 5.45. The van der Waals surface area contributed by atoms with Gasteiger partial charge in [0.05, 0.1) is 4.90 Å². The fraction of sp³-hybridized carbons (Fsp3) is 0.538. The molecule has 1 saturated carbocycles. The average molecular weight is 253 g/mol. The van der Waals surface area contributed by atoms with Gasteiger partial charge < -0.3 is 5.73 Å². The number of nitrogens with two attached hydrogens (primary N) is 1. The third-order valence-electron chi connectivity index (χ3n) is 3.96. The van der Waals surface area contributed by atoms with Gasteiger partial charge in [-0.1, -0.05) is 32.0 Å². The minimum Gasteiger partial charge on any atom is -0.330 e. The largest absolute Gasteiger partial charge is 0.330 e. The average Bonchev–Trinajstić information content (AvgIpc) is 2.79. The molecule has 0 heterocycles. The maximum absolute atomic E-state index is 11.8. The topological polar surface area (TPSA) is 60.2 Å². The Kier molecular flexibility index (Phi) is 2.83. The van der Waals surface area contributed by atoms with Gasteiger partial charge in [0.1, 0.15) is 0 Å². The lowest BCUT2D eigenvalue weighted by molar-refractivity contribution is 0.557. The van der Waals surface area contributed by atoms with E-state index in [1.807, 2.05) is 12.1 Å². The zero-order chi connectivity index (χ0) is 12.8. The second kappa shape index (κ2) is 3.82. The summed E-state index contributed by atoms with van der Waals surface area (Å²) in [5.74, 6) is 0.642. The molecule has 2 rings (SSSR count). The highest BCUT2D eigenvalue weighted by Gasteiger charge is 2.58. The monoisotopic (exact) mass is 253 g/mol. The molecule has 0 radical (unpaired) electrons. The Hall–Kier alpha value is -0.870. The van der Waals surface area contributed by atoms with E-state index >= 15 is 0 Å². The molecule has 0 aliphatic heterocycles. The summed E-state index contributed by atoms with van der Waals surface area (Å²) in [5, 5.41) is 0. The molecule has 2 N–H and O–H groups in total. The lowest BCUT2D eigenvalue weighted by Crippen LogP contribution is -2.06. The van der Waals surface area contributed by atoms with Gasteiger partial charge in [-0.25, -0.2) is 8.42 Å². The second-order valence-corrected chi connectivity index (χ2v) is 7.44. The normalized spacial score (nSPS) is 26.8. The quantitative estimate of drug-likeness (QED) is 0.893. The van der Waals surface area contributed by atoms with Crippen molar-refractivity contribution in [3.05, 3.63) is 29.8 Å². The van der Waals surface area contributed by atoms with Crippen molar-refractivity contribution in [2.24, 2.45) is 17.1 Å². The fourth-order valence-corrected chi connectivity index (χ4v) is 3.83. The van der Waals surface area contributed by atoms with Crippen LogP contribution in [0.25, 0.3) is 0 Å². The number of sulfone groups is 1. The Morgan fingerprint density at radius 1 is 1.29 bits per heavy atom. The fourth-order valence-electron chi connectivity index (χ4n) is 2.88. The first-order chi connectivity index (χ1) is 7.80. The molecule has 4 heteroatoms. The van der Waals surface area contributed by atoms with Gasteiger partial charge in [0.25, 0.3) is 0 Å². The molecular weight excluding hydrogens is 234 g/mol. The highest BCUT2D eigenvalue weighted by molar-refractivity contribution is 7.90. The van der Waals surface area contributed by atoms with Crippen molar-refractivity contribution < 1.29 is 8.42 Å². The third-order valence-corrected chi connectivity index (χ3v) is 5.13. The van der Waals surface area contributed by atoms with E-state index < -0.39 is 9.84 Å². The van der Waals surface area contributed by atoms with Crippen molar-refractivity contribution in [3.63, 3.8) is 0 Å². The maximum atomic E-state index is 11.8. The minimum atomic E-state index is -3.16. The van der Waals surface area contributed by atoms with Crippen LogP contribution >= 0.6 is 0 Å². The molecule has 0 saturated heterocycles. The predicted octanol–water partition coefficient (Wildman–Crippen LogP) is 1.79. The smallest absolute Gasteiger partial charge is 0.175 e. The van der Waals surface area contributed by atoms with E-state index in [0.717, 1.165) is 5.56 Å². The summed E-state index contributed by atoms with van der Waals surface area (Å²) in [5.41, 5.74) is 6.78. The Bertz CT molecular complexity index is 534. The van der Waals surface area contributed by atoms with Gasteiger partial charge in [-0.2, -0.15) is 0 Å². The Balaban J connectivity index is 2.49. The first-order valence-corrected chi connectivity index (χ1v) is 7.68. The summed E-state index contributed by atoms with van der Waals surface area (Å²) in [7, 11) is -3.16. The molecule has 0 bridgehead atoms. The van der Waals surface area contributed by atoms with Crippen LogP contribution in [0, 0.1) is 11.3 Å². The van der Waals surface area contributed by atoms with Gasteiger partial charge in [0, 0.05) is 6.26 Å². The standard InChI is InChI=1S/C13H19NO2S/c1-13(2)10(8-14)12(13)9-6-4-5-7-11(9)17(3,15)16/h4-7,10,12H,8,14H2,1-3H3. The van der Waals surface area contributed by atoms with E-state index in [2.05, 4.69) is 13.8 Å². The lowest BCUT2D eigenvalue weighted by Gasteiger charge is -2.08. The molecule has 1 aliphatic rings. The van der Waals surface area contributed by atoms with Crippen LogP contribution in [0.3, 0.4) is 0 Å². The van der Waals surface area contributed by atoms with Crippen molar-refractivity contribution in [1.82, 2.24) is 0 Å². The molecule has 94 valence electrons. The van der Waals surface area contributed by atoms with Gasteiger partial charge >= 0.3 is 0 Å². The molecule has 1 aliphatic carbocycles. The number of rotatable bonds is 3. The van der Waals surface area contributed by atoms with Gasteiger partial charge in [-0.15, -0.1) is 0 Å². The maximum Gasteiger partial charge on any atom is 0.175 e. The van der Waals surface area contributed by atoms with Crippen LogP contribution in [0.15, 0.2) is 29.2 Å². The van der Waals surface area contributed by atoms with Gasteiger partial charge in [0.15, 0.2) is 9.84 Å². The molecule has 1 fully saturated rings. The highest BCUT2D eigenvalue weighted by atomic mass is 32.2. The van der Waals surface area contributed by atoms with E-state index in [-0.39, 0.29) is 11.3 Å². The molecule has 2 unspecified atom stereocenters. The summed E-state index contributed by atoms with van der Waals surface area (Å²) >= 11 is 0. The predicted molar refractivity (Wildman–Crippen MR) is 68.6 cm³/mol.